The minimum Gasteiger partial charge on any atom is -0.507 e. The molecular formula is C27H26N2O7. The molecule has 0 aromatic heterocycles. The Morgan fingerprint density at radius 1 is 1.03 bits per heavy atom. The Kier molecular flexibility index (Phi) is 5.46. The smallest absolute Gasteiger partial charge is 0.235 e. The number of primary amides is 1. The molecule has 0 heterocycles. The summed E-state index contributed by atoms with van der Waals surface area (Å²) in [4.78, 5) is 67.4. The topological polar surface area (TPSA) is 155 Å². The molecule has 0 saturated heterocycles. The Morgan fingerprint density at radius 3 is 2.31 bits per heavy atom. The van der Waals surface area contributed by atoms with Crippen LogP contribution in [-0.2, 0) is 25.6 Å². The van der Waals surface area contributed by atoms with Crippen LogP contribution in [0.2, 0.25) is 0 Å². The number of likely N-dealkylation sites (N-methyl/N-ethyl adjacent to an activating group) is 1. The van der Waals surface area contributed by atoms with Crippen LogP contribution in [0.15, 0.2) is 42.5 Å². The lowest BCUT2D eigenvalue weighted by Crippen LogP contribution is -2.74. The molecule has 0 radical (unpaired) electrons. The fourth-order valence-corrected chi connectivity index (χ4v) is 6.49. The molecule has 2 fully saturated rings. The van der Waals surface area contributed by atoms with Gasteiger partial charge in [-0.25, -0.2) is 0 Å². The summed E-state index contributed by atoms with van der Waals surface area (Å²) in [5, 5.41) is 22.2. The summed E-state index contributed by atoms with van der Waals surface area (Å²) < 4.78 is 0. The molecule has 1 amide bonds. The standard InChI is InChI=1S/C27H26N2O7/c1-29(2)21-16-11-13-10-15-14(12-6-4-3-5-7-12)8-9-17(30)19(15)22(31)18(13)24(33)27(16,36)25(34)20(23(21)32)26(28)35/h3-9,13,16,18,20-21,30,36H,10-11H2,1-2H3,(H2,28,35)/t13-,16-,18?,20?,21+,27-/m0/s1. The second kappa shape index (κ2) is 8.18. The predicted octanol–water partition coefficient (Wildman–Crippen LogP) is 0.534. The molecule has 2 aromatic rings. The second-order valence-corrected chi connectivity index (χ2v) is 10.1. The van der Waals surface area contributed by atoms with E-state index in [0.29, 0.717) is 5.56 Å². The molecule has 0 bridgehead atoms. The van der Waals surface area contributed by atoms with E-state index in [1.165, 1.54) is 11.0 Å². The molecule has 9 nitrogen and oxygen atoms in total. The van der Waals surface area contributed by atoms with Gasteiger partial charge in [-0.1, -0.05) is 36.4 Å². The molecule has 3 aliphatic carbocycles. The number of carbonyl (C=O) groups is 5. The van der Waals surface area contributed by atoms with Gasteiger partial charge in [-0.05, 0) is 55.6 Å². The number of phenols is 1. The number of nitrogens with two attached hydrogens (primary N) is 1. The minimum atomic E-state index is -2.72. The van der Waals surface area contributed by atoms with Gasteiger partial charge in [0.2, 0.25) is 5.91 Å². The number of amides is 1. The maximum absolute atomic E-state index is 13.8. The number of Topliss-reactive ketones (excluding diaryl/α,β-unsaturated/α-hetero) is 4. The lowest BCUT2D eigenvalue weighted by atomic mass is 9.52. The first kappa shape index (κ1) is 24.0. The zero-order chi connectivity index (χ0) is 26.1. The molecule has 0 spiro atoms. The van der Waals surface area contributed by atoms with Crippen LogP contribution >= 0.6 is 0 Å². The number of ketones is 4. The van der Waals surface area contributed by atoms with E-state index in [-0.39, 0.29) is 24.2 Å². The number of nitrogens with zero attached hydrogens (tertiary/aromatic N) is 1. The van der Waals surface area contributed by atoms with Crippen LogP contribution in [0, 0.1) is 23.7 Å². The maximum Gasteiger partial charge on any atom is 0.235 e. The molecule has 6 atom stereocenters. The minimum absolute atomic E-state index is 0.0112. The number of carbonyl (C=O) groups excluding carboxylic acids is 5. The maximum atomic E-state index is 13.8. The quantitative estimate of drug-likeness (QED) is 0.527. The molecule has 2 unspecified atom stereocenters. The van der Waals surface area contributed by atoms with Gasteiger partial charge in [0.1, 0.15) is 5.75 Å². The molecule has 5 rings (SSSR count). The molecule has 36 heavy (non-hydrogen) atoms. The summed E-state index contributed by atoms with van der Waals surface area (Å²) in [6.45, 7) is 0. The van der Waals surface area contributed by atoms with Crippen molar-refractivity contribution in [2.45, 2.75) is 24.5 Å². The highest BCUT2D eigenvalue weighted by Crippen LogP contribution is 2.51. The van der Waals surface area contributed by atoms with Gasteiger partial charge in [0.25, 0.3) is 0 Å². The van der Waals surface area contributed by atoms with E-state index in [4.69, 9.17) is 5.73 Å². The Balaban J connectivity index is 1.66. The lowest BCUT2D eigenvalue weighted by molar-refractivity contribution is -0.181. The van der Waals surface area contributed by atoms with Crippen molar-refractivity contribution in [1.82, 2.24) is 4.90 Å². The van der Waals surface area contributed by atoms with Crippen molar-refractivity contribution < 1.29 is 34.2 Å². The van der Waals surface area contributed by atoms with E-state index >= 15 is 0 Å². The fourth-order valence-electron chi connectivity index (χ4n) is 6.49. The Bertz CT molecular complexity index is 1340. The van der Waals surface area contributed by atoms with Crippen molar-refractivity contribution in [3.63, 3.8) is 0 Å². The highest BCUT2D eigenvalue weighted by atomic mass is 16.3. The average Bonchev–Trinajstić information content (AvgIpc) is 2.81. The lowest BCUT2D eigenvalue weighted by Gasteiger charge is -2.52. The van der Waals surface area contributed by atoms with Gasteiger partial charge in [0, 0.05) is 5.92 Å². The number of benzene rings is 2. The number of hydrogen-bond acceptors (Lipinski definition) is 8. The largest absolute Gasteiger partial charge is 0.507 e. The zero-order valence-corrected chi connectivity index (χ0v) is 19.8. The molecule has 0 aliphatic heterocycles. The van der Waals surface area contributed by atoms with Crippen LogP contribution in [0.5, 0.6) is 5.75 Å². The van der Waals surface area contributed by atoms with E-state index in [1.54, 1.807) is 20.2 Å². The highest BCUT2D eigenvalue weighted by Gasteiger charge is 2.69. The fraction of sp³-hybridized carbons (Fsp3) is 0.370. The third-order valence-corrected chi connectivity index (χ3v) is 8.03. The summed E-state index contributed by atoms with van der Waals surface area (Å²) >= 11 is 0. The summed E-state index contributed by atoms with van der Waals surface area (Å²) in [7, 11) is 3.11. The van der Waals surface area contributed by atoms with Gasteiger partial charge in [-0.15, -0.1) is 0 Å². The number of rotatable bonds is 3. The van der Waals surface area contributed by atoms with Gasteiger partial charge in [-0.2, -0.15) is 0 Å². The van der Waals surface area contributed by atoms with Gasteiger partial charge >= 0.3 is 0 Å². The van der Waals surface area contributed by atoms with Gasteiger partial charge in [-0.3, -0.25) is 28.9 Å². The average molecular weight is 491 g/mol. The van der Waals surface area contributed by atoms with Crippen LogP contribution < -0.4 is 5.73 Å². The first-order valence-corrected chi connectivity index (χ1v) is 11.7. The number of fused-ring (bicyclic) bond motifs is 3. The third kappa shape index (κ3) is 3.12. The van der Waals surface area contributed by atoms with Crippen molar-refractivity contribution in [1.29, 1.82) is 0 Å². The van der Waals surface area contributed by atoms with Crippen molar-refractivity contribution in [2.75, 3.05) is 14.1 Å². The number of hydrogen-bond donors (Lipinski definition) is 3. The van der Waals surface area contributed by atoms with Gasteiger partial charge in [0.15, 0.2) is 34.7 Å². The van der Waals surface area contributed by atoms with E-state index in [0.717, 1.165) is 11.1 Å². The molecule has 186 valence electrons. The zero-order valence-electron chi connectivity index (χ0n) is 19.8. The van der Waals surface area contributed by atoms with Crippen LogP contribution in [0.3, 0.4) is 0 Å². The second-order valence-electron chi connectivity index (χ2n) is 10.1. The van der Waals surface area contributed by atoms with Crippen molar-refractivity contribution in [3.8, 4) is 16.9 Å². The SMILES string of the molecule is CN(C)[C@H]1C(=O)C(C(N)=O)C(=O)[C@@]2(O)C(=O)C3C(=O)c4c(O)ccc(-c5ccccc5)c4C[C@H]3C[C@@H]12. The van der Waals surface area contributed by atoms with E-state index in [2.05, 4.69) is 0 Å². The van der Waals surface area contributed by atoms with E-state index in [9.17, 15) is 34.2 Å². The Labute approximate surface area is 206 Å². The van der Waals surface area contributed by atoms with Crippen molar-refractivity contribution in [2.24, 2.45) is 29.4 Å². The number of aromatic hydroxyl groups is 1. The summed E-state index contributed by atoms with van der Waals surface area (Å²) in [6, 6.07) is 11.3. The van der Waals surface area contributed by atoms with Crippen molar-refractivity contribution >= 4 is 29.0 Å². The number of aliphatic hydroxyl groups is 1. The summed E-state index contributed by atoms with van der Waals surface area (Å²) in [5.74, 6) is -10.4. The van der Waals surface area contributed by atoms with Crippen LogP contribution in [0.4, 0.5) is 0 Å². The third-order valence-electron chi connectivity index (χ3n) is 8.03. The Morgan fingerprint density at radius 2 is 1.69 bits per heavy atom. The molecule has 3 aliphatic rings. The van der Waals surface area contributed by atoms with E-state index in [1.807, 2.05) is 30.3 Å². The van der Waals surface area contributed by atoms with Crippen LogP contribution in [0.25, 0.3) is 11.1 Å². The highest BCUT2D eigenvalue weighted by molar-refractivity contribution is 6.32. The van der Waals surface area contributed by atoms with Crippen LogP contribution in [0.1, 0.15) is 22.3 Å². The van der Waals surface area contributed by atoms with Crippen LogP contribution in [-0.4, -0.2) is 69.9 Å². The monoisotopic (exact) mass is 490 g/mol. The number of phenolic OH excluding ortho intramolecular Hbond substituents is 1. The van der Waals surface area contributed by atoms with E-state index < -0.39 is 64.4 Å². The van der Waals surface area contributed by atoms with Crippen molar-refractivity contribution in [3.05, 3.63) is 53.6 Å². The summed E-state index contributed by atoms with van der Waals surface area (Å²) in [5.41, 5.74) is 4.74. The van der Waals surface area contributed by atoms with Gasteiger partial charge < -0.3 is 15.9 Å². The molecule has 2 aromatic carbocycles. The first-order chi connectivity index (χ1) is 17.0. The molecule has 4 N–H and O–H groups in total. The van der Waals surface area contributed by atoms with Gasteiger partial charge in [0.05, 0.1) is 17.5 Å². The molecule has 2 saturated carbocycles. The Hall–Kier alpha value is -3.69. The predicted molar refractivity (Wildman–Crippen MR) is 127 cm³/mol. The molecule has 9 heteroatoms. The first-order valence-electron chi connectivity index (χ1n) is 11.7. The molecular weight excluding hydrogens is 464 g/mol. The summed E-state index contributed by atoms with van der Waals surface area (Å²) in [6.07, 6.45) is 0.248. The normalized spacial score (nSPS) is 31.6.